The number of methoxy groups -OCH3 is 1. The molecule has 1 aliphatic heterocycles. The molecule has 2 atom stereocenters. The minimum atomic E-state index is -0.0167. The van der Waals surface area contributed by atoms with E-state index in [0.29, 0.717) is 13.2 Å². The Morgan fingerprint density at radius 1 is 1.13 bits per heavy atom. The highest BCUT2D eigenvalue weighted by Crippen LogP contribution is 2.41. The molecule has 30 heavy (non-hydrogen) atoms. The van der Waals surface area contributed by atoms with Crippen molar-refractivity contribution < 1.29 is 4.74 Å². The van der Waals surface area contributed by atoms with Crippen molar-refractivity contribution in [3.63, 3.8) is 0 Å². The van der Waals surface area contributed by atoms with Crippen LogP contribution in [0.3, 0.4) is 0 Å². The standard InChI is InChI=1S/C23H27N5OS/c1-16-14-19(17(2)27(16)12-13-29-3)22-21(20-6-4-5-9-25-20)26-23(30)28(22)15-18-7-10-24-11-8-18/h4-11,14,21-22H,12-13,15H2,1-3H3,(H,26,30)/t21-,22+/m0/s1. The van der Waals surface area contributed by atoms with Crippen molar-refractivity contribution in [2.45, 2.75) is 39.0 Å². The van der Waals surface area contributed by atoms with E-state index in [0.717, 1.165) is 17.4 Å². The first-order valence-electron chi connectivity index (χ1n) is 10.1. The first-order chi connectivity index (χ1) is 14.6. The molecule has 0 aliphatic carbocycles. The summed E-state index contributed by atoms with van der Waals surface area (Å²) in [5.74, 6) is 0. The van der Waals surface area contributed by atoms with E-state index in [1.165, 1.54) is 22.5 Å². The van der Waals surface area contributed by atoms with Crippen molar-refractivity contribution in [3.05, 3.63) is 83.2 Å². The Morgan fingerprint density at radius 2 is 1.93 bits per heavy atom. The fraction of sp³-hybridized carbons (Fsp3) is 0.348. The Kier molecular flexibility index (Phi) is 6.11. The van der Waals surface area contributed by atoms with Gasteiger partial charge >= 0.3 is 0 Å². The maximum atomic E-state index is 5.79. The van der Waals surface area contributed by atoms with Gasteiger partial charge in [-0.15, -0.1) is 0 Å². The molecule has 0 spiro atoms. The summed E-state index contributed by atoms with van der Waals surface area (Å²) >= 11 is 5.79. The van der Waals surface area contributed by atoms with E-state index in [1.807, 2.05) is 42.9 Å². The van der Waals surface area contributed by atoms with Crippen molar-refractivity contribution >= 4 is 17.3 Å². The van der Waals surface area contributed by atoms with Crippen LogP contribution >= 0.6 is 12.2 Å². The molecular weight excluding hydrogens is 394 g/mol. The van der Waals surface area contributed by atoms with Crippen LogP contribution in [0.2, 0.25) is 0 Å². The van der Waals surface area contributed by atoms with E-state index >= 15 is 0 Å². The zero-order valence-corrected chi connectivity index (χ0v) is 18.4. The second-order valence-corrected chi connectivity index (χ2v) is 7.97. The molecule has 0 radical (unpaired) electrons. The number of thiocarbonyl (C=S) groups is 1. The molecule has 3 aromatic heterocycles. The van der Waals surface area contributed by atoms with Gasteiger partial charge in [0.05, 0.1) is 24.4 Å². The lowest BCUT2D eigenvalue weighted by Gasteiger charge is -2.28. The molecular formula is C23H27N5OS. The van der Waals surface area contributed by atoms with Crippen LogP contribution in [0.4, 0.5) is 0 Å². The summed E-state index contributed by atoms with van der Waals surface area (Å²) in [6.07, 6.45) is 5.48. The summed E-state index contributed by atoms with van der Waals surface area (Å²) in [5, 5.41) is 4.28. The zero-order valence-electron chi connectivity index (χ0n) is 17.6. The smallest absolute Gasteiger partial charge is 0.170 e. The van der Waals surface area contributed by atoms with Crippen LogP contribution in [-0.4, -0.2) is 38.3 Å². The molecule has 1 N–H and O–H groups in total. The van der Waals surface area contributed by atoms with Gasteiger partial charge in [0, 0.05) is 50.2 Å². The van der Waals surface area contributed by atoms with E-state index in [-0.39, 0.29) is 12.1 Å². The van der Waals surface area contributed by atoms with E-state index in [4.69, 9.17) is 17.0 Å². The quantitative estimate of drug-likeness (QED) is 0.587. The van der Waals surface area contributed by atoms with Gasteiger partial charge in [-0.25, -0.2) is 0 Å². The lowest BCUT2D eigenvalue weighted by atomic mass is 9.96. The predicted octanol–water partition coefficient (Wildman–Crippen LogP) is 3.71. The molecule has 7 heteroatoms. The second-order valence-electron chi connectivity index (χ2n) is 7.58. The highest BCUT2D eigenvalue weighted by atomic mass is 32.1. The molecule has 1 saturated heterocycles. The fourth-order valence-corrected chi connectivity index (χ4v) is 4.56. The van der Waals surface area contributed by atoms with Crippen molar-refractivity contribution in [1.29, 1.82) is 0 Å². The maximum Gasteiger partial charge on any atom is 0.170 e. The van der Waals surface area contributed by atoms with Gasteiger partial charge in [0.25, 0.3) is 0 Å². The number of aryl methyl sites for hydroxylation is 1. The topological polar surface area (TPSA) is 55.2 Å². The molecule has 156 valence electrons. The van der Waals surface area contributed by atoms with Gasteiger partial charge in [0.2, 0.25) is 0 Å². The van der Waals surface area contributed by atoms with Crippen molar-refractivity contribution in [2.75, 3.05) is 13.7 Å². The van der Waals surface area contributed by atoms with Crippen LogP contribution in [0.1, 0.15) is 40.3 Å². The Bertz CT molecular complexity index is 1010. The average Bonchev–Trinajstić information content (AvgIpc) is 3.23. The van der Waals surface area contributed by atoms with Crippen molar-refractivity contribution in [3.8, 4) is 0 Å². The van der Waals surface area contributed by atoms with E-state index in [9.17, 15) is 0 Å². The van der Waals surface area contributed by atoms with Crippen LogP contribution in [0.15, 0.2) is 55.0 Å². The first-order valence-corrected chi connectivity index (χ1v) is 10.5. The number of pyridine rings is 2. The summed E-state index contributed by atoms with van der Waals surface area (Å²) in [5.41, 5.74) is 5.89. The number of ether oxygens (including phenoxy) is 1. The van der Waals surface area contributed by atoms with Crippen LogP contribution in [-0.2, 0) is 17.8 Å². The van der Waals surface area contributed by atoms with Crippen molar-refractivity contribution in [1.82, 2.24) is 24.8 Å². The third-order valence-corrected chi connectivity index (χ3v) is 6.10. The summed E-state index contributed by atoms with van der Waals surface area (Å²) in [4.78, 5) is 11.0. The lowest BCUT2D eigenvalue weighted by Crippen LogP contribution is -2.29. The highest BCUT2D eigenvalue weighted by Gasteiger charge is 2.41. The highest BCUT2D eigenvalue weighted by molar-refractivity contribution is 7.80. The number of hydrogen-bond acceptors (Lipinski definition) is 4. The second kappa shape index (κ2) is 8.93. The average molecular weight is 422 g/mol. The van der Waals surface area contributed by atoms with E-state index < -0.39 is 0 Å². The van der Waals surface area contributed by atoms with E-state index in [1.54, 1.807) is 7.11 Å². The number of hydrogen-bond donors (Lipinski definition) is 1. The molecule has 4 rings (SSSR count). The van der Waals surface area contributed by atoms with Gasteiger partial charge in [0.15, 0.2) is 5.11 Å². The molecule has 1 fully saturated rings. The number of nitrogens with one attached hydrogen (secondary N) is 1. The third kappa shape index (κ3) is 3.95. The Morgan fingerprint density at radius 3 is 2.63 bits per heavy atom. The predicted molar refractivity (Wildman–Crippen MR) is 121 cm³/mol. The Balaban J connectivity index is 1.76. The van der Waals surface area contributed by atoms with Gasteiger partial charge in [0.1, 0.15) is 0 Å². The number of aromatic nitrogens is 3. The van der Waals surface area contributed by atoms with Crippen LogP contribution in [0.5, 0.6) is 0 Å². The monoisotopic (exact) mass is 421 g/mol. The molecule has 0 aromatic carbocycles. The largest absolute Gasteiger partial charge is 0.383 e. The molecule has 3 aromatic rings. The third-order valence-electron chi connectivity index (χ3n) is 5.75. The van der Waals surface area contributed by atoms with Crippen molar-refractivity contribution in [2.24, 2.45) is 0 Å². The normalized spacial score (nSPS) is 18.6. The molecule has 0 unspecified atom stereocenters. The van der Waals surface area contributed by atoms with Crippen LogP contribution in [0.25, 0.3) is 0 Å². The molecule has 1 aliphatic rings. The van der Waals surface area contributed by atoms with E-state index in [2.05, 4.69) is 50.7 Å². The summed E-state index contributed by atoms with van der Waals surface area (Å²) < 4.78 is 7.64. The first kappa shape index (κ1) is 20.5. The van der Waals surface area contributed by atoms with Gasteiger partial charge in [-0.05, 0) is 67.5 Å². The van der Waals surface area contributed by atoms with Gasteiger partial charge < -0.3 is 19.5 Å². The molecule has 0 bridgehead atoms. The Hall–Kier alpha value is -2.77. The van der Waals surface area contributed by atoms with Gasteiger partial charge in [-0.2, -0.15) is 0 Å². The summed E-state index contributed by atoms with van der Waals surface area (Å²) in [7, 11) is 1.74. The summed E-state index contributed by atoms with van der Waals surface area (Å²) in [6, 6.07) is 12.4. The molecule has 0 saturated carbocycles. The fourth-order valence-electron chi connectivity index (χ4n) is 4.25. The lowest BCUT2D eigenvalue weighted by molar-refractivity contribution is 0.186. The number of rotatable bonds is 7. The minimum absolute atomic E-state index is 0.0167. The molecule has 0 amide bonds. The van der Waals surface area contributed by atoms with Gasteiger partial charge in [-0.1, -0.05) is 6.07 Å². The minimum Gasteiger partial charge on any atom is -0.383 e. The Labute approximate surface area is 182 Å². The van der Waals surface area contributed by atoms with Crippen LogP contribution in [0, 0.1) is 13.8 Å². The van der Waals surface area contributed by atoms with Crippen LogP contribution < -0.4 is 5.32 Å². The summed E-state index contributed by atoms with van der Waals surface area (Å²) in [6.45, 7) is 6.55. The van der Waals surface area contributed by atoms with Gasteiger partial charge in [-0.3, -0.25) is 9.97 Å². The zero-order chi connectivity index (χ0) is 21.1. The molecule has 4 heterocycles. The number of nitrogens with zero attached hydrogens (tertiary/aromatic N) is 4. The SMILES string of the molecule is COCCn1c(C)cc([C@@H]2[C@H](c3ccccn3)NC(=S)N2Cc2ccncc2)c1C. The molecule has 6 nitrogen and oxygen atoms in total. The maximum absolute atomic E-state index is 5.79.